The van der Waals surface area contributed by atoms with Crippen LogP contribution in [0.3, 0.4) is 0 Å². The average Bonchev–Trinajstić information content (AvgIpc) is 3.19. The van der Waals surface area contributed by atoms with Crippen LogP contribution in [-0.4, -0.2) is 44.6 Å². The van der Waals surface area contributed by atoms with Crippen LogP contribution in [0, 0.1) is 0 Å². The van der Waals surface area contributed by atoms with Gasteiger partial charge < -0.3 is 14.2 Å². The summed E-state index contributed by atoms with van der Waals surface area (Å²) in [5.74, 6) is 1.34. The Hall–Kier alpha value is -3.29. The molecule has 0 radical (unpaired) electrons. The van der Waals surface area contributed by atoms with E-state index in [0.29, 0.717) is 41.8 Å². The van der Waals surface area contributed by atoms with Crippen LogP contribution in [-0.2, 0) is 13.0 Å². The van der Waals surface area contributed by atoms with Gasteiger partial charge in [0.05, 0.1) is 7.11 Å². The SMILES string of the molecule is CCc1noc(CN(CC)C(=O)c2cccc(-c3nccnc3OC)c2)n1. The van der Waals surface area contributed by atoms with Crippen LogP contribution in [0.1, 0.15) is 35.9 Å². The number of ether oxygens (including phenoxy) is 1. The molecule has 0 saturated carbocycles. The maximum absolute atomic E-state index is 13.0. The van der Waals surface area contributed by atoms with Crippen LogP contribution in [0.5, 0.6) is 5.88 Å². The van der Waals surface area contributed by atoms with Crippen LogP contribution in [0.2, 0.25) is 0 Å². The van der Waals surface area contributed by atoms with Crippen molar-refractivity contribution >= 4 is 5.91 Å². The number of nitrogens with zero attached hydrogens (tertiary/aromatic N) is 5. The minimum atomic E-state index is -0.126. The molecule has 2 aromatic heterocycles. The van der Waals surface area contributed by atoms with Gasteiger partial charge in [-0.15, -0.1) is 0 Å². The van der Waals surface area contributed by atoms with Crippen molar-refractivity contribution in [1.82, 2.24) is 25.0 Å². The summed E-state index contributed by atoms with van der Waals surface area (Å²) in [6.07, 6.45) is 3.84. The molecule has 3 aromatic rings. The summed E-state index contributed by atoms with van der Waals surface area (Å²) in [5.41, 5.74) is 1.88. The number of carbonyl (C=O) groups is 1. The van der Waals surface area contributed by atoms with E-state index in [9.17, 15) is 4.79 Å². The van der Waals surface area contributed by atoms with Gasteiger partial charge in [0.1, 0.15) is 12.2 Å². The van der Waals surface area contributed by atoms with Crippen LogP contribution < -0.4 is 4.74 Å². The Balaban J connectivity index is 1.85. The lowest BCUT2D eigenvalue weighted by molar-refractivity contribution is 0.0734. The maximum atomic E-state index is 13.0. The maximum Gasteiger partial charge on any atom is 0.254 e. The van der Waals surface area contributed by atoms with E-state index in [1.165, 1.54) is 7.11 Å². The predicted molar refractivity (Wildman–Crippen MR) is 98.1 cm³/mol. The standard InChI is InChI=1S/C19H21N5O3/c1-4-15-22-16(27-23-15)12-24(5-2)19(25)14-8-6-7-13(11-14)17-18(26-3)21-10-9-20-17/h6-11H,4-5,12H2,1-3H3. The summed E-state index contributed by atoms with van der Waals surface area (Å²) < 4.78 is 10.5. The fourth-order valence-electron chi connectivity index (χ4n) is 2.64. The zero-order valence-electron chi connectivity index (χ0n) is 15.5. The minimum Gasteiger partial charge on any atom is -0.479 e. The van der Waals surface area contributed by atoms with Crippen molar-refractivity contribution in [2.24, 2.45) is 0 Å². The molecule has 0 spiro atoms. The molecule has 1 amide bonds. The molecule has 1 aromatic carbocycles. The largest absolute Gasteiger partial charge is 0.479 e. The normalized spacial score (nSPS) is 10.6. The summed E-state index contributed by atoms with van der Waals surface area (Å²) in [7, 11) is 1.54. The van der Waals surface area contributed by atoms with E-state index in [1.54, 1.807) is 29.4 Å². The number of carbonyl (C=O) groups excluding carboxylic acids is 1. The Labute approximate surface area is 157 Å². The molecule has 0 aliphatic heterocycles. The van der Waals surface area contributed by atoms with Crippen molar-refractivity contribution in [2.45, 2.75) is 26.8 Å². The van der Waals surface area contributed by atoms with Crippen LogP contribution in [0.4, 0.5) is 0 Å². The molecule has 0 unspecified atom stereocenters. The topological polar surface area (TPSA) is 94.2 Å². The fourth-order valence-corrected chi connectivity index (χ4v) is 2.64. The van der Waals surface area contributed by atoms with E-state index < -0.39 is 0 Å². The summed E-state index contributed by atoms with van der Waals surface area (Å²) in [4.78, 5) is 27.4. The molecule has 0 aliphatic rings. The highest BCUT2D eigenvalue weighted by atomic mass is 16.5. The van der Waals surface area contributed by atoms with Gasteiger partial charge in [-0.05, 0) is 19.1 Å². The van der Waals surface area contributed by atoms with Gasteiger partial charge in [0.15, 0.2) is 5.82 Å². The molecule has 0 saturated heterocycles. The van der Waals surface area contributed by atoms with E-state index in [0.717, 1.165) is 5.56 Å². The number of aryl methyl sites for hydroxylation is 1. The smallest absolute Gasteiger partial charge is 0.254 e. The second-order valence-corrected chi connectivity index (χ2v) is 5.77. The molecule has 0 bridgehead atoms. The summed E-state index contributed by atoms with van der Waals surface area (Å²) in [6, 6.07) is 7.23. The summed E-state index contributed by atoms with van der Waals surface area (Å²) in [5, 5.41) is 3.87. The van der Waals surface area contributed by atoms with Crippen molar-refractivity contribution in [3.8, 4) is 17.1 Å². The highest BCUT2D eigenvalue weighted by Gasteiger charge is 2.19. The predicted octanol–water partition coefficient (Wildman–Crippen LogP) is 2.76. The molecule has 0 aliphatic carbocycles. The zero-order valence-corrected chi connectivity index (χ0v) is 15.5. The number of methoxy groups -OCH3 is 1. The third-order valence-electron chi connectivity index (χ3n) is 4.06. The van der Waals surface area contributed by atoms with E-state index in [4.69, 9.17) is 9.26 Å². The lowest BCUT2D eigenvalue weighted by Gasteiger charge is -2.19. The number of benzene rings is 1. The first-order chi connectivity index (χ1) is 13.2. The van der Waals surface area contributed by atoms with Crippen molar-refractivity contribution in [2.75, 3.05) is 13.7 Å². The first kappa shape index (κ1) is 18.5. The van der Waals surface area contributed by atoms with Gasteiger partial charge in [0.2, 0.25) is 11.8 Å². The highest BCUT2D eigenvalue weighted by Crippen LogP contribution is 2.26. The Morgan fingerprint density at radius 3 is 2.74 bits per heavy atom. The number of amides is 1. The lowest BCUT2D eigenvalue weighted by Crippen LogP contribution is -2.30. The Morgan fingerprint density at radius 2 is 2.04 bits per heavy atom. The van der Waals surface area contributed by atoms with Crippen LogP contribution in [0.25, 0.3) is 11.3 Å². The third kappa shape index (κ3) is 4.11. The molecular weight excluding hydrogens is 346 g/mol. The van der Waals surface area contributed by atoms with Gasteiger partial charge in [-0.3, -0.25) is 4.79 Å². The number of aromatic nitrogens is 4. The van der Waals surface area contributed by atoms with Crippen LogP contribution >= 0.6 is 0 Å². The Morgan fingerprint density at radius 1 is 1.22 bits per heavy atom. The quantitative estimate of drug-likeness (QED) is 0.634. The van der Waals surface area contributed by atoms with E-state index >= 15 is 0 Å². The lowest BCUT2D eigenvalue weighted by atomic mass is 10.1. The first-order valence-corrected chi connectivity index (χ1v) is 8.72. The monoisotopic (exact) mass is 367 g/mol. The molecule has 0 atom stereocenters. The molecule has 8 heteroatoms. The number of rotatable bonds is 7. The average molecular weight is 367 g/mol. The van der Waals surface area contributed by atoms with Crippen molar-refractivity contribution in [3.05, 3.63) is 53.9 Å². The fraction of sp³-hybridized carbons (Fsp3) is 0.316. The van der Waals surface area contributed by atoms with Gasteiger partial charge in [-0.1, -0.05) is 24.2 Å². The molecule has 27 heavy (non-hydrogen) atoms. The second kappa shape index (κ2) is 8.39. The molecule has 140 valence electrons. The van der Waals surface area contributed by atoms with E-state index in [-0.39, 0.29) is 12.5 Å². The molecule has 2 heterocycles. The molecule has 0 fully saturated rings. The molecule has 8 nitrogen and oxygen atoms in total. The second-order valence-electron chi connectivity index (χ2n) is 5.77. The number of hydrogen-bond acceptors (Lipinski definition) is 7. The van der Waals surface area contributed by atoms with Gasteiger partial charge in [0.25, 0.3) is 5.91 Å². The van der Waals surface area contributed by atoms with Gasteiger partial charge >= 0.3 is 0 Å². The highest BCUT2D eigenvalue weighted by molar-refractivity contribution is 5.95. The third-order valence-corrected chi connectivity index (χ3v) is 4.06. The Bertz CT molecular complexity index is 925. The van der Waals surface area contributed by atoms with Crippen molar-refractivity contribution in [3.63, 3.8) is 0 Å². The van der Waals surface area contributed by atoms with Crippen molar-refractivity contribution in [1.29, 1.82) is 0 Å². The van der Waals surface area contributed by atoms with Crippen molar-refractivity contribution < 1.29 is 14.1 Å². The Kier molecular flexibility index (Phi) is 5.75. The summed E-state index contributed by atoms with van der Waals surface area (Å²) in [6.45, 7) is 4.64. The number of hydrogen-bond donors (Lipinski definition) is 0. The van der Waals surface area contributed by atoms with Crippen LogP contribution in [0.15, 0.2) is 41.2 Å². The molecular formula is C19H21N5O3. The van der Waals surface area contributed by atoms with E-state index in [2.05, 4.69) is 20.1 Å². The summed E-state index contributed by atoms with van der Waals surface area (Å²) >= 11 is 0. The van der Waals surface area contributed by atoms with E-state index in [1.807, 2.05) is 26.0 Å². The molecule has 0 N–H and O–H groups in total. The molecule has 3 rings (SSSR count). The first-order valence-electron chi connectivity index (χ1n) is 8.72. The van der Waals surface area contributed by atoms with Gasteiger partial charge in [-0.25, -0.2) is 9.97 Å². The zero-order chi connectivity index (χ0) is 19.2. The van der Waals surface area contributed by atoms with Gasteiger partial charge in [0, 0.05) is 36.5 Å². The minimum absolute atomic E-state index is 0.126. The van der Waals surface area contributed by atoms with Gasteiger partial charge in [-0.2, -0.15) is 4.98 Å².